The van der Waals surface area contributed by atoms with Crippen molar-refractivity contribution in [3.63, 3.8) is 0 Å². The number of aromatic nitrogens is 1. The third kappa shape index (κ3) is 4.63. The predicted octanol–water partition coefficient (Wildman–Crippen LogP) is 5.82. The average Bonchev–Trinajstić information content (AvgIpc) is 3.02. The van der Waals surface area contributed by atoms with Crippen LogP contribution < -0.4 is 0 Å². The zero-order valence-electron chi connectivity index (χ0n) is 13.6. The molecule has 0 saturated carbocycles. The van der Waals surface area contributed by atoms with Crippen LogP contribution in [0.15, 0.2) is 52.9 Å². The predicted molar refractivity (Wildman–Crippen MR) is 106 cm³/mol. The number of para-hydroxylation sites is 1. The molecule has 6 heteroatoms. The number of esters is 1. The summed E-state index contributed by atoms with van der Waals surface area (Å²) < 4.78 is 7.10. The van der Waals surface area contributed by atoms with Gasteiger partial charge in [0.15, 0.2) is 4.34 Å². The fourth-order valence-electron chi connectivity index (χ4n) is 2.28. The van der Waals surface area contributed by atoms with Crippen molar-refractivity contribution in [1.29, 1.82) is 0 Å². The van der Waals surface area contributed by atoms with E-state index in [0.29, 0.717) is 17.4 Å². The first kappa shape index (κ1) is 18.0. The lowest BCUT2D eigenvalue weighted by molar-refractivity contribution is -0.137. The molecule has 0 aliphatic rings. The standard InChI is InChI=1S/C19H16ClNO2S2/c1-2-23-18(22)11-10-13-6-5-7-15(20)14(13)12-24-19-21-16-8-3-4-9-17(16)25-19/h3-11H,2,12H2,1H3/b11-10+. The Hall–Kier alpha value is -1.82. The van der Waals surface area contributed by atoms with E-state index < -0.39 is 0 Å². The van der Waals surface area contributed by atoms with Crippen LogP contribution in [-0.2, 0) is 15.3 Å². The van der Waals surface area contributed by atoms with Crippen LogP contribution in [0, 0.1) is 0 Å². The highest BCUT2D eigenvalue weighted by Crippen LogP contribution is 2.34. The Bertz CT molecular complexity index is 888. The molecule has 3 aromatic rings. The summed E-state index contributed by atoms with van der Waals surface area (Å²) in [5.74, 6) is 0.328. The molecule has 3 rings (SSSR count). The molecule has 0 fully saturated rings. The van der Waals surface area contributed by atoms with Crippen molar-refractivity contribution in [2.75, 3.05) is 6.61 Å². The zero-order chi connectivity index (χ0) is 17.6. The van der Waals surface area contributed by atoms with E-state index in [2.05, 4.69) is 11.1 Å². The van der Waals surface area contributed by atoms with Crippen LogP contribution in [-0.4, -0.2) is 17.6 Å². The number of carbonyl (C=O) groups is 1. The largest absolute Gasteiger partial charge is 0.463 e. The molecule has 3 nitrogen and oxygen atoms in total. The molecule has 0 unspecified atom stereocenters. The number of hydrogen-bond acceptors (Lipinski definition) is 5. The van der Waals surface area contributed by atoms with E-state index in [4.69, 9.17) is 16.3 Å². The third-order valence-electron chi connectivity index (χ3n) is 3.45. The highest BCUT2D eigenvalue weighted by molar-refractivity contribution is 8.00. The van der Waals surface area contributed by atoms with Crippen LogP contribution >= 0.6 is 34.7 Å². The summed E-state index contributed by atoms with van der Waals surface area (Å²) in [6.45, 7) is 2.14. The lowest BCUT2D eigenvalue weighted by Gasteiger charge is -2.07. The minimum absolute atomic E-state index is 0.354. The molecule has 0 spiro atoms. The minimum Gasteiger partial charge on any atom is -0.463 e. The molecule has 1 heterocycles. The number of carbonyl (C=O) groups excluding carboxylic acids is 1. The van der Waals surface area contributed by atoms with Crippen LogP contribution in [0.5, 0.6) is 0 Å². The van der Waals surface area contributed by atoms with E-state index in [9.17, 15) is 4.79 Å². The maximum Gasteiger partial charge on any atom is 0.330 e. The van der Waals surface area contributed by atoms with Gasteiger partial charge >= 0.3 is 5.97 Å². The SMILES string of the molecule is CCOC(=O)/C=C/c1cccc(Cl)c1CSc1nc2ccccc2s1. The normalized spacial score (nSPS) is 11.3. The monoisotopic (exact) mass is 389 g/mol. The third-order valence-corrected chi connectivity index (χ3v) is 6.01. The first-order valence-corrected chi connectivity index (χ1v) is 9.96. The van der Waals surface area contributed by atoms with E-state index in [1.165, 1.54) is 10.8 Å². The van der Waals surface area contributed by atoms with Gasteiger partial charge in [0.25, 0.3) is 0 Å². The molecule has 0 aliphatic carbocycles. The fourth-order valence-corrected chi connectivity index (χ4v) is 4.74. The Labute approximate surface area is 159 Å². The molecule has 0 amide bonds. The molecule has 0 atom stereocenters. The Morgan fingerprint density at radius 1 is 1.28 bits per heavy atom. The van der Waals surface area contributed by atoms with Gasteiger partial charge in [-0.1, -0.05) is 47.6 Å². The summed E-state index contributed by atoms with van der Waals surface area (Å²) >= 11 is 9.69. The van der Waals surface area contributed by atoms with Gasteiger partial charge in [-0.25, -0.2) is 9.78 Å². The van der Waals surface area contributed by atoms with Crippen LogP contribution in [0.3, 0.4) is 0 Å². The maximum atomic E-state index is 11.5. The highest BCUT2D eigenvalue weighted by atomic mass is 35.5. The van der Waals surface area contributed by atoms with Gasteiger partial charge < -0.3 is 4.74 Å². The van der Waals surface area contributed by atoms with Crippen LogP contribution in [0.1, 0.15) is 18.1 Å². The number of halogens is 1. The van der Waals surface area contributed by atoms with Gasteiger partial charge in [0, 0.05) is 16.9 Å². The smallest absolute Gasteiger partial charge is 0.330 e. The van der Waals surface area contributed by atoms with Crippen LogP contribution in [0.4, 0.5) is 0 Å². The van der Waals surface area contributed by atoms with Gasteiger partial charge in [0.05, 0.1) is 16.8 Å². The number of ether oxygens (including phenoxy) is 1. The van der Waals surface area contributed by atoms with E-state index in [1.807, 2.05) is 36.4 Å². The number of benzene rings is 2. The lowest BCUT2D eigenvalue weighted by Crippen LogP contribution is -1.99. The number of thiazole rings is 1. The molecule has 0 bridgehead atoms. The number of thioether (sulfide) groups is 1. The van der Waals surface area contributed by atoms with Crippen molar-refractivity contribution in [3.05, 3.63) is 64.7 Å². The van der Waals surface area contributed by atoms with Gasteiger partial charge in [-0.05, 0) is 42.3 Å². The van der Waals surface area contributed by atoms with Gasteiger partial charge in [0.2, 0.25) is 0 Å². The topological polar surface area (TPSA) is 39.2 Å². The molecular weight excluding hydrogens is 374 g/mol. The molecule has 128 valence electrons. The Morgan fingerprint density at radius 2 is 2.12 bits per heavy atom. The molecule has 0 radical (unpaired) electrons. The van der Waals surface area contributed by atoms with Crippen molar-refractivity contribution in [2.24, 2.45) is 0 Å². The summed E-state index contributed by atoms with van der Waals surface area (Å²) in [7, 11) is 0. The zero-order valence-corrected chi connectivity index (χ0v) is 16.0. The summed E-state index contributed by atoms with van der Waals surface area (Å²) in [6, 6.07) is 13.8. The Morgan fingerprint density at radius 3 is 2.92 bits per heavy atom. The van der Waals surface area contributed by atoms with Crippen LogP contribution in [0.25, 0.3) is 16.3 Å². The molecule has 0 saturated heterocycles. The second-order valence-electron chi connectivity index (χ2n) is 5.13. The van der Waals surface area contributed by atoms with Gasteiger partial charge in [-0.15, -0.1) is 11.3 Å². The van der Waals surface area contributed by atoms with Crippen molar-refractivity contribution < 1.29 is 9.53 Å². The second-order valence-corrected chi connectivity index (χ2v) is 7.79. The minimum atomic E-state index is -0.354. The fraction of sp³-hybridized carbons (Fsp3) is 0.158. The molecule has 0 aliphatic heterocycles. The molecule has 25 heavy (non-hydrogen) atoms. The van der Waals surface area contributed by atoms with Crippen molar-refractivity contribution >= 4 is 57.0 Å². The molecule has 2 aromatic carbocycles. The number of nitrogens with zero attached hydrogens (tertiary/aromatic N) is 1. The number of hydrogen-bond donors (Lipinski definition) is 0. The number of fused-ring (bicyclic) bond motifs is 1. The molecular formula is C19H16ClNO2S2. The molecule has 0 N–H and O–H groups in total. The summed E-state index contributed by atoms with van der Waals surface area (Å²) in [5, 5.41) is 0.680. The molecule has 1 aromatic heterocycles. The summed E-state index contributed by atoms with van der Waals surface area (Å²) in [4.78, 5) is 16.2. The van der Waals surface area contributed by atoms with Crippen LogP contribution in [0.2, 0.25) is 5.02 Å². The van der Waals surface area contributed by atoms with Gasteiger partial charge in [-0.3, -0.25) is 0 Å². The van der Waals surface area contributed by atoms with Crippen molar-refractivity contribution in [1.82, 2.24) is 4.98 Å². The first-order valence-electron chi connectivity index (χ1n) is 7.78. The quantitative estimate of drug-likeness (QED) is 0.302. The van der Waals surface area contributed by atoms with Crippen molar-refractivity contribution in [3.8, 4) is 0 Å². The summed E-state index contributed by atoms with van der Waals surface area (Å²) in [6.07, 6.45) is 3.18. The summed E-state index contributed by atoms with van der Waals surface area (Å²) in [5.41, 5.74) is 2.90. The van der Waals surface area contributed by atoms with Gasteiger partial charge in [0.1, 0.15) is 0 Å². The average molecular weight is 390 g/mol. The second kappa shape index (κ2) is 8.52. The first-order chi connectivity index (χ1) is 12.2. The Balaban J connectivity index is 1.78. The van der Waals surface area contributed by atoms with E-state index in [0.717, 1.165) is 21.0 Å². The van der Waals surface area contributed by atoms with E-state index in [-0.39, 0.29) is 5.97 Å². The number of rotatable bonds is 6. The maximum absolute atomic E-state index is 11.5. The van der Waals surface area contributed by atoms with E-state index in [1.54, 1.807) is 36.1 Å². The highest BCUT2D eigenvalue weighted by Gasteiger charge is 2.09. The van der Waals surface area contributed by atoms with Gasteiger partial charge in [-0.2, -0.15) is 0 Å². The Kier molecular flexibility index (Phi) is 6.13. The van der Waals surface area contributed by atoms with Crippen molar-refractivity contribution in [2.45, 2.75) is 17.0 Å². The lowest BCUT2D eigenvalue weighted by atomic mass is 10.1. The van der Waals surface area contributed by atoms with E-state index >= 15 is 0 Å².